The molecule has 28 heavy (non-hydrogen) atoms. The lowest BCUT2D eigenvalue weighted by Gasteiger charge is -2.54. The molecule has 6 nitrogen and oxygen atoms in total. The maximum atomic E-state index is 6.43. The third kappa shape index (κ3) is 1.68. The summed E-state index contributed by atoms with van der Waals surface area (Å²) in [4.78, 5) is 7.71. The molecule has 6 atom stereocenters. The fraction of sp³-hybridized carbons (Fsp3) is 0.591. The first-order chi connectivity index (χ1) is 13.7. The first kappa shape index (κ1) is 16.7. The van der Waals surface area contributed by atoms with Gasteiger partial charge >= 0.3 is 0 Å². The number of hydrogen-bond acceptors (Lipinski definition) is 6. The van der Waals surface area contributed by atoms with Gasteiger partial charge in [0.1, 0.15) is 11.4 Å². The van der Waals surface area contributed by atoms with Crippen LogP contribution in [-0.4, -0.2) is 57.4 Å². The lowest BCUT2D eigenvalue weighted by Crippen LogP contribution is -2.61. The molecule has 1 aromatic carbocycles. The highest BCUT2D eigenvalue weighted by Crippen LogP contribution is 2.66. The van der Waals surface area contributed by atoms with Gasteiger partial charge in [0.2, 0.25) is 5.90 Å². The van der Waals surface area contributed by atoms with Crippen LogP contribution in [0.1, 0.15) is 25.3 Å². The Morgan fingerprint density at radius 3 is 2.75 bits per heavy atom. The van der Waals surface area contributed by atoms with Crippen molar-refractivity contribution < 1.29 is 18.9 Å². The normalized spacial score (nSPS) is 39.9. The number of ether oxygens (including phenoxy) is 4. The van der Waals surface area contributed by atoms with E-state index in [2.05, 4.69) is 17.9 Å². The van der Waals surface area contributed by atoms with Crippen molar-refractivity contribution in [3.8, 4) is 17.2 Å². The maximum Gasteiger partial charge on any atom is 0.201 e. The van der Waals surface area contributed by atoms with E-state index in [9.17, 15) is 0 Å². The Morgan fingerprint density at radius 2 is 2.04 bits per heavy atom. The standard InChI is InChI=1S/C22H26N2O4/c1-5-11-9-24-14-8-22-17(24)6-12(11)13(14)10-28-21(22)23-19-15(25-2)7-16(26-3)20(27-4)18(19)22/h5,7,12-14,17H,6,8-10H2,1-4H3/b11-5-/t12-,13+,14+,17+,22+/m1/s1. The molecule has 1 aromatic rings. The zero-order chi connectivity index (χ0) is 19.2. The molecule has 0 radical (unpaired) electrons. The topological polar surface area (TPSA) is 52.5 Å². The van der Waals surface area contributed by atoms with Gasteiger partial charge in [0, 0.05) is 36.2 Å². The van der Waals surface area contributed by atoms with Crippen molar-refractivity contribution in [1.82, 2.24) is 4.90 Å². The molecule has 5 fully saturated rings. The van der Waals surface area contributed by atoms with Crippen molar-refractivity contribution in [2.45, 2.75) is 37.3 Å². The average molecular weight is 382 g/mol. The summed E-state index contributed by atoms with van der Waals surface area (Å²) in [5, 5.41) is 0. The van der Waals surface area contributed by atoms with Crippen molar-refractivity contribution in [3.63, 3.8) is 0 Å². The van der Waals surface area contributed by atoms with Crippen LogP contribution in [-0.2, 0) is 10.2 Å². The third-order valence-electron chi connectivity index (χ3n) is 7.91. The average Bonchev–Trinajstić information content (AvgIpc) is 3.10. The van der Waals surface area contributed by atoms with E-state index in [1.807, 2.05) is 6.07 Å². The van der Waals surface area contributed by atoms with Crippen molar-refractivity contribution in [3.05, 3.63) is 23.3 Å². The molecule has 5 saturated heterocycles. The molecule has 0 amide bonds. The number of benzene rings is 1. The molecular formula is C22H26N2O4. The highest BCUT2D eigenvalue weighted by atomic mass is 16.5. The van der Waals surface area contributed by atoms with Crippen LogP contribution in [0.3, 0.4) is 0 Å². The minimum atomic E-state index is -0.268. The van der Waals surface area contributed by atoms with E-state index >= 15 is 0 Å². The predicted molar refractivity (Wildman–Crippen MR) is 105 cm³/mol. The molecule has 148 valence electrons. The number of methoxy groups -OCH3 is 3. The Hall–Kier alpha value is -2.21. The van der Waals surface area contributed by atoms with Gasteiger partial charge in [-0.2, -0.15) is 0 Å². The second-order valence-electron chi connectivity index (χ2n) is 8.57. The molecule has 1 unspecified atom stereocenters. The van der Waals surface area contributed by atoms with E-state index in [1.165, 1.54) is 0 Å². The largest absolute Gasteiger partial charge is 0.494 e. The summed E-state index contributed by atoms with van der Waals surface area (Å²) < 4.78 is 23.7. The molecule has 0 aliphatic carbocycles. The van der Waals surface area contributed by atoms with Crippen LogP contribution < -0.4 is 14.2 Å². The third-order valence-corrected chi connectivity index (χ3v) is 7.91. The second kappa shape index (κ2) is 5.44. The molecule has 0 saturated carbocycles. The Bertz CT molecular complexity index is 939. The zero-order valence-electron chi connectivity index (χ0n) is 16.8. The quantitative estimate of drug-likeness (QED) is 0.752. The number of piperidine rings is 3. The van der Waals surface area contributed by atoms with Crippen molar-refractivity contribution >= 4 is 11.6 Å². The smallest absolute Gasteiger partial charge is 0.201 e. The Morgan fingerprint density at radius 1 is 1.21 bits per heavy atom. The van der Waals surface area contributed by atoms with Gasteiger partial charge in [-0.1, -0.05) is 11.6 Å². The van der Waals surface area contributed by atoms with Crippen molar-refractivity contribution in [2.75, 3.05) is 34.5 Å². The van der Waals surface area contributed by atoms with E-state index in [1.54, 1.807) is 26.9 Å². The molecule has 6 heterocycles. The summed E-state index contributed by atoms with van der Waals surface area (Å²) in [5.41, 5.74) is 3.26. The first-order valence-corrected chi connectivity index (χ1v) is 10.1. The summed E-state index contributed by atoms with van der Waals surface area (Å²) in [5.74, 6) is 4.21. The zero-order valence-corrected chi connectivity index (χ0v) is 16.8. The lowest BCUT2D eigenvalue weighted by atomic mass is 9.68. The van der Waals surface area contributed by atoms with E-state index in [4.69, 9.17) is 23.9 Å². The minimum Gasteiger partial charge on any atom is -0.494 e. The molecular weight excluding hydrogens is 356 g/mol. The summed E-state index contributed by atoms with van der Waals surface area (Å²) in [6.45, 7) is 3.99. The van der Waals surface area contributed by atoms with Crippen molar-refractivity contribution in [1.29, 1.82) is 0 Å². The molecule has 0 aromatic heterocycles. The van der Waals surface area contributed by atoms with Crippen LogP contribution in [0.4, 0.5) is 5.69 Å². The summed E-state index contributed by atoms with van der Waals surface area (Å²) in [7, 11) is 5.07. The predicted octanol–water partition coefficient (Wildman–Crippen LogP) is 3.06. The fourth-order valence-corrected chi connectivity index (χ4v) is 6.81. The van der Waals surface area contributed by atoms with Crippen LogP contribution in [0.15, 0.2) is 22.7 Å². The van der Waals surface area contributed by atoms with Gasteiger partial charge in [0.15, 0.2) is 11.5 Å². The molecule has 5 bridgehead atoms. The van der Waals surface area contributed by atoms with E-state index < -0.39 is 0 Å². The first-order valence-electron chi connectivity index (χ1n) is 10.1. The van der Waals surface area contributed by atoms with Gasteiger partial charge in [-0.15, -0.1) is 0 Å². The van der Waals surface area contributed by atoms with Crippen LogP contribution in [0.5, 0.6) is 17.2 Å². The highest BCUT2D eigenvalue weighted by Gasteiger charge is 2.69. The monoisotopic (exact) mass is 382 g/mol. The number of aliphatic imine (C=N–C) groups is 1. The Labute approximate surface area is 165 Å². The lowest BCUT2D eigenvalue weighted by molar-refractivity contribution is -0.0152. The molecule has 6 heteroatoms. The van der Waals surface area contributed by atoms with Gasteiger partial charge in [-0.25, -0.2) is 4.99 Å². The number of allylic oxidation sites excluding steroid dienone is 1. The van der Waals surface area contributed by atoms with Gasteiger partial charge in [-0.05, 0) is 25.7 Å². The molecule has 1 spiro atoms. The second-order valence-corrected chi connectivity index (χ2v) is 8.57. The van der Waals surface area contributed by atoms with Crippen LogP contribution in [0, 0.1) is 11.8 Å². The molecule has 7 rings (SSSR count). The fourth-order valence-electron chi connectivity index (χ4n) is 6.81. The van der Waals surface area contributed by atoms with Gasteiger partial charge < -0.3 is 18.9 Å². The number of nitrogens with zero attached hydrogens (tertiary/aromatic N) is 2. The summed E-state index contributed by atoms with van der Waals surface area (Å²) >= 11 is 0. The highest BCUT2D eigenvalue weighted by molar-refractivity contribution is 6.01. The number of hydrogen-bond donors (Lipinski definition) is 0. The molecule has 0 N–H and O–H groups in total. The SMILES string of the molecule is C/C=C1/CN2[C@H]3C[C@H]1[C@@H]1COC4=Nc5c(OC)cc(OC)c(OC)c5[C@@]43C[C@@H]12. The summed E-state index contributed by atoms with van der Waals surface area (Å²) in [6, 6.07) is 2.79. The van der Waals surface area contributed by atoms with Crippen molar-refractivity contribution in [2.24, 2.45) is 16.8 Å². The summed E-state index contributed by atoms with van der Waals surface area (Å²) in [6.07, 6.45) is 4.51. The minimum absolute atomic E-state index is 0.268. The molecule has 6 aliphatic rings. The maximum absolute atomic E-state index is 6.43. The number of rotatable bonds is 3. The number of fused-ring (bicyclic) bond motifs is 2. The van der Waals surface area contributed by atoms with E-state index in [0.29, 0.717) is 29.7 Å². The van der Waals surface area contributed by atoms with E-state index in [-0.39, 0.29) is 5.41 Å². The molecule has 6 aliphatic heterocycles. The van der Waals surface area contributed by atoms with Crippen LogP contribution in [0.25, 0.3) is 0 Å². The van der Waals surface area contributed by atoms with Crippen LogP contribution in [0.2, 0.25) is 0 Å². The Kier molecular flexibility index (Phi) is 3.25. The van der Waals surface area contributed by atoms with Gasteiger partial charge in [-0.3, -0.25) is 4.90 Å². The van der Waals surface area contributed by atoms with Gasteiger partial charge in [0.05, 0.1) is 33.4 Å². The van der Waals surface area contributed by atoms with Crippen LogP contribution >= 0.6 is 0 Å². The van der Waals surface area contributed by atoms with Gasteiger partial charge in [0.25, 0.3) is 0 Å². The Balaban J connectivity index is 1.62. The van der Waals surface area contributed by atoms with E-state index in [0.717, 1.165) is 54.6 Å².